The Morgan fingerprint density at radius 2 is 2.06 bits per heavy atom. The summed E-state index contributed by atoms with van der Waals surface area (Å²) < 4.78 is 4.77. The van der Waals surface area contributed by atoms with Gasteiger partial charge in [0.05, 0.1) is 5.56 Å². The quantitative estimate of drug-likeness (QED) is 0.804. The van der Waals surface area contributed by atoms with Crippen molar-refractivity contribution in [1.82, 2.24) is 0 Å². The number of nitrogens with one attached hydrogen (secondary N) is 1. The molecule has 0 spiro atoms. The Morgan fingerprint density at radius 1 is 1.39 bits per heavy atom. The van der Waals surface area contributed by atoms with Crippen molar-refractivity contribution < 1.29 is 19.4 Å². The molecule has 0 aromatic heterocycles. The summed E-state index contributed by atoms with van der Waals surface area (Å²) in [7, 11) is 0. The highest BCUT2D eigenvalue weighted by Gasteiger charge is 2.12. The van der Waals surface area contributed by atoms with Gasteiger partial charge in [-0.1, -0.05) is 18.7 Å². The maximum absolute atomic E-state index is 11.4. The molecule has 1 rings (SSSR count). The first-order valence-electron chi connectivity index (χ1n) is 5.35. The van der Waals surface area contributed by atoms with Crippen LogP contribution < -0.4 is 5.32 Å². The molecule has 1 amide bonds. The number of hydrogen-bond acceptors (Lipinski definition) is 3. The zero-order valence-corrected chi connectivity index (χ0v) is 10.3. The van der Waals surface area contributed by atoms with Gasteiger partial charge in [-0.25, -0.2) is 9.59 Å². The number of aromatic carboxylic acids is 1. The zero-order valence-electron chi connectivity index (χ0n) is 10.3. The summed E-state index contributed by atoms with van der Waals surface area (Å²) in [5, 5.41) is 11.5. The van der Waals surface area contributed by atoms with Crippen LogP contribution >= 0.6 is 0 Å². The van der Waals surface area contributed by atoms with Gasteiger partial charge in [-0.2, -0.15) is 0 Å². The molecule has 0 unspecified atom stereocenters. The number of benzene rings is 1. The number of carboxylic acid groups (broad SMARTS) is 1. The van der Waals surface area contributed by atoms with Crippen molar-refractivity contribution >= 4 is 17.7 Å². The first-order valence-corrected chi connectivity index (χ1v) is 5.35. The molecule has 0 bridgehead atoms. The molecule has 18 heavy (non-hydrogen) atoms. The van der Waals surface area contributed by atoms with Crippen LogP contribution in [0.25, 0.3) is 0 Å². The molecular weight excluding hydrogens is 234 g/mol. The number of rotatable bonds is 4. The van der Waals surface area contributed by atoms with Crippen molar-refractivity contribution in [1.29, 1.82) is 0 Å². The van der Waals surface area contributed by atoms with Gasteiger partial charge in [-0.15, -0.1) is 0 Å². The van der Waals surface area contributed by atoms with Gasteiger partial charge < -0.3 is 9.84 Å². The van der Waals surface area contributed by atoms with Crippen LogP contribution in [0.1, 0.15) is 21.5 Å². The maximum Gasteiger partial charge on any atom is 0.411 e. The summed E-state index contributed by atoms with van der Waals surface area (Å²) >= 11 is 0. The lowest BCUT2D eigenvalue weighted by Crippen LogP contribution is -2.15. The van der Waals surface area contributed by atoms with Crippen LogP contribution in [-0.4, -0.2) is 23.8 Å². The van der Waals surface area contributed by atoms with Crippen molar-refractivity contribution in [3.63, 3.8) is 0 Å². The fourth-order valence-corrected chi connectivity index (χ4v) is 1.50. The molecule has 0 radical (unpaired) electrons. The van der Waals surface area contributed by atoms with Crippen molar-refractivity contribution in [2.75, 3.05) is 11.9 Å². The molecule has 96 valence electrons. The van der Waals surface area contributed by atoms with Crippen molar-refractivity contribution in [3.8, 4) is 0 Å². The molecule has 2 N–H and O–H groups in total. The second-order valence-electron chi connectivity index (χ2n) is 3.80. The summed E-state index contributed by atoms with van der Waals surface area (Å²) in [6, 6.07) is 3.12. The minimum atomic E-state index is -1.03. The summed E-state index contributed by atoms with van der Waals surface area (Å²) in [5.74, 6) is -1.03. The Kier molecular flexibility index (Phi) is 4.48. The number of amides is 1. The molecule has 0 heterocycles. The fourth-order valence-electron chi connectivity index (χ4n) is 1.50. The van der Waals surface area contributed by atoms with Crippen LogP contribution in [0.3, 0.4) is 0 Å². The predicted octanol–water partition coefficient (Wildman–Crippen LogP) is 2.74. The van der Waals surface area contributed by atoms with Gasteiger partial charge in [0.2, 0.25) is 0 Å². The maximum atomic E-state index is 11.4. The highest BCUT2D eigenvalue weighted by atomic mass is 16.5. The SMILES string of the molecule is C=CCOC(=O)Nc1cc(C(=O)O)c(C)cc1C. The number of carbonyl (C=O) groups is 2. The molecule has 0 aliphatic rings. The molecule has 1 aromatic carbocycles. The highest BCUT2D eigenvalue weighted by Crippen LogP contribution is 2.21. The zero-order chi connectivity index (χ0) is 13.7. The Morgan fingerprint density at radius 3 is 2.61 bits per heavy atom. The van der Waals surface area contributed by atoms with E-state index in [1.165, 1.54) is 12.1 Å². The van der Waals surface area contributed by atoms with E-state index in [1.54, 1.807) is 19.9 Å². The van der Waals surface area contributed by atoms with Crippen molar-refractivity contribution in [3.05, 3.63) is 41.5 Å². The molecule has 1 aromatic rings. The van der Waals surface area contributed by atoms with E-state index >= 15 is 0 Å². The molecule has 0 saturated heterocycles. The first kappa shape index (κ1) is 13.8. The van der Waals surface area contributed by atoms with Gasteiger partial charge in [0, 0.05) is 5.69 Å². The molecule has 5 heteroatoms. The normalized spacial score (nSPS) is 9.67. The van der Waals surface area contributed by atoms with E-state index in [1.807, 2.05) is 0 Å². The van der Waals surface area contributed by atoms with Gasteiger partial charge in [0.1, 0.15) is 6.61 Å². The van der Waals surface area contributed by atoms with E-state index in [0.717, 1.165) is 5.56 Å². The van der Waals surface area contributed by atoms with Crippen LogP contribution in [0, 0.1) is 13.8 Å². The average molecular weight is 249 g/mol. The third-order valence-corrected chi connectivity index (χ3v) is 2.37. The Balaban J connectivity index is 2.95. The van der Waals surface area contributed by atoms with E-state index in [4.69, 9.17) is 9.84 Å². The summed E-state index contributed by atoms with van der Waals surface area (Å²) in [5.41, 5.74) is 1.99. The molecule has 0 fully saturated rings. The minimum Gasteiger partial charge on any atom is -0.478 e. The Hall–Kier alpha value is -2.30. The lowest BCUT2D eigenvalue weighted by molar-refractivity contribution is 0.0696. The molecular formula is C13H15NO4. The topological polar surface area (TPSA) is 75.6 Å². The van der Waals surface area contributed by atoms with E-state index in [0.29, 0.717) is 11.3 Å². The van der Waals surface area contributed by atoms with Gasteiger partial charge >= 0.3 is 12.1 Å². The predicted molar refractivity (Wildman–Crippen MR) is 68.0 cm³/mol. The highest BCUT2D eigenvalue weighted by molar-refractivity contribution is 5.93. The second kappa shape index (κ2) is 5.86. The minimum absolute atomic E-state index is 0.0997. The molecule has 5 nitrogen and oxygen atoms in total. The standard InChI is InChI=1S/C13H15NO4/c1-4-5-18-13(17)14-11-7-10(12(15)16)8(2)6-9(11)3/h4,6-7H,1,5H2,2-3H3,(H,14,17)(H,15,16). The number of anilines is 1. The lowest BCUT2D eigenvalue weighted by Gasteiger charge is -2.11. The van der Waals surface area contributed by atoms with Crippen molar-refractivity contribution in [2.45, 2.75) is 13.8 Å². The molecule has 0 aliphatic heterocycles. The third-order valence-electron chi connectivity index (χ3n) is 2.37. The number of carbonyl (C=O) groups excluding carboxylic acids is 1. The van der Waals surface area contributed by atoms with Gasteiger partial charge in [-0.3, -0.25) is 5.32 Å². The van der Waals surface area contributed by atoms with Gasteiger partial charge in [0.25, 0.3) is 0 Å². The number of hydrogen-bond donors (Lipinski definition) is 2. The molecule has 0 atom stereocenters. The largest absolute Gasteiger partial charge is 0.478 e. The van der Waals surface area contributed by atoms with Crippen LogP contribution in [0.15, 0.2) is 24.8 Å². The Bertz CT molecular complexity index is 494. The molecule has 0 aliphatic carbocycles. The summed E-state index contributed by atoms with van der Waals surface area (Å²) in [6.07, 6.45) is 0.808. The molecule has 0 saturated carbocycles. The van der Waals surface area contributed by atoms with E-state index < -0.39 is 12.1 Å². The van der Waals surface area contributed by atoms with Crippen LogP contribution in [0.4, 0.5) is 10.5 Å². The third kappa shape index (κ3) is 3.35. The van der Waals surface area contributed by atoms with Gasteiger partial charge in [-0.05, 0) is 31.0 Å². The van der Waals surface area contributed by atoms with E-state index in [9.17, 15) is 9.59 Å². The van der Waals surface area contributed by atoms with Crippen LogP contribution in [0.5, 0.6) is 0 Å². The summed E-state index contributed by atoms with van der Waals surface area (Å²) in [6.45, 7) is 7.01. The first-order chi connectivity index (χ1) is 8.45. The Labute approximate surface area is 105 Å². The average Bonchev–Trinajstić information content (AvgIpc) is 2.29. The van der Waals surface area contributed by atoms with E-state index in [2.05, 4.69) is 11.9 Å². The van der Waals surface area contributed by atoms with Gasteiger partial charge in [0.15, 0.2) is 0 Å². The smallest absolute Gasteiger partial charge is 0.411 e. The van der Waals surface area contributed by atoms with E-state index in [-0.39, 0.29) is 12.2 Å². The van der Waals surface area contributed by atoms with Crippen LogP contribution in [0.2, 0.25) is 0 Å². The lowest BCUT2D eigenvalue weighted by atomic mass is 10.0. The number of ether oxygens (including phenoxy) is 1. The summed E-state index contributed by atoms with van der Waals surface area (Å²) in [4.78, 5) is 22.3. The fraction of sp³-hybridized carbons (Fsp3) is 0.231. The van der Waals surface area contributed by atoms with Crippen LogP contribution in [-0.2, 0) is 4.74 Å². The van der Waals surface area contributed by atoms with Crippen molar-refractivity contribution in [2.24, 2.45) is 0 Å². The monoisotopic (exact) mass is 249 g/mol. The number of carboxylic acids is 1. The second-order valence-corrected chi connectivity index (χ2v) is 3.80. The number of aryl methyl sites for hydroxylation is 2.